The van der Waals surface area contributed by atoms with Gasteiger partial charge in [-0.15, -0.1) is 0 Å². The first-order valence-electron chi connectivity index (χ1n) is 12.0. The number of hydrogen-bond donors (Lipinski definition) is 1. The lowest BCUT2D eigenvalue weighted by Crippen LogP contribution is -2.53. The number of nitrogens with one attached hydrogen (secondary N) is 1. The molecule has 5 rings (SSSR count). The van der Waals surface area contributed by atoms with E-state index in [9.17, 15) is 22.4 Å². The maximum absolute atomic E-state index is 14.8. The molecule has 1 spiro atoms. The minimum absolute atomic E-state index is 0.0854. The first-order chi connectivity index (χ1) is 16.5. The number of benzene rings is 1. The van der Waals surface area contributed by atoms with Gasteiger partial charge in [-0.3, -0.25) is 4.79 Å². The number of hydrogen-bond acceptors (Lipinski definition) is 5. The van der Waals surface area contributed by atoms with Crippen LogP contribution in [-0.4, -0.2) is 52.4 Å². The molecule has 3 heterocycles. The number of fused-ring (bicyclic) bond motifs is 2. The Hall–Kier alpha value is -2.75. The highest BCUT2D eigenvalue weighted by Crippen LogP contribution is 2.44. The van der Waals surface area contributed by atoms with Crippen molar-refractivity contribution in [3.05, 3.63) is 52.2 Å². The molecule has 10 heteroatoms. The Morgan fingerprint density at radius 3 is 2.63 bits per heavy atom. The van der Waals surface area contributed by atoms with Crippen LogP contribution in [0.1, 0.15) is 60.4 Å². The summed E-state index contributed by atoms with van der Waals surface area (Å²) in [6.45, 7) is 5.66. The first-order valence-corrected chi connectivity index (χ1v) is 12.0. The summed E-state index contributed by atoms with van der Waals surface area (Å²) in [5.74, 6) is 0.193. The van der Waals surface area contributed by atoms with Crippen molar-refractivity contribution in [2.45, 2.75) is 57.3 Å². The van der Waals surface area contributed by atoms with Gasteiger partial charge in [-0.05, 0) is 58.7 Å². The zero-order valence-corrected chi connectivity index (χ0v) is 20.0. The second-order valence-electron chi connectivity index (χ2n) is 10.2. The van der Waals surface area contributed by atoms with Crippen LogP contribution in [0.2, 0.25) is 0 Å². The van der Waals surface area contributed by atoms with Crippen LogP contribution in [0.4, 0.5) is 23.4 Å². The zero-order valence-electron chi connectivity index (χ0n) is 20.0. The van der Waals surface area contributed by atoms with E-state index in [1.54, 1.807) is 13.8 Å². The van der Waals surface area contributed by atoms with E-state index in [1.165, 1.54) is 12.1 Å². The Morgan fingerprint density at radius 1 is 1.26 bits per heavy atom. The lowest BCUT2D eigenvalue weighted by atomic mass is 9.76. The van der Waals surface area contributed by atoms with Crippen molar-refractivity contribution in [2.24, 2.45) is 5.92 Å². The summed E-state index contributed by atoms with van der Waals surface area (Å²) in [4.78, 5) is 27.0. The first kappa shape index (κ1) is 24.0. The summed E-state index contributed by atoms with van der Waals surface area (Å²) in [6, 6.07) is 2.51. The van der Waals surface area contributed by atoms with Crippen LogP contribution < -0.4 is 5.32 Å². The topological polar surface area (TPSA) is 61.4 Å². The number of nitrogens with zero attached hydrogens (tertiary/aromatic N) is 4. The number of carbonyl (C=O) groups is 1. The summed E-state index contributed by atoms with van der Waals surface area (Å²) >= 11 is 0. The van der Waals surface area contributed by atoms with Gasteiger partial charge < -0.3 is 15.1 Å². The highest BCUT2D eigenvalue weighted by atomic mass is 19.4. The predicted molar refractivity (Wildman–Crippen MR) is 122 cm³/mol. The number of amides is 1. The average molecular weight is 492 g/mol. The van der Waals surface area contributed by atoms with E-state index >= 15 is 0 Å². The highest BCUT2D eigenvalue weighted by Gasteiger charge is 2.53. The van der Waals surface area contributed by atoms with E-state index in [0.29, 0.717) is 49.3 Å². The standard InChI is InChI=1S/C25H29F4N5O/c1-14(17-5-4-6-19(20(17)26)25(27,28)29)30-22-18-12-34(11-16-7-8-16)23(35)24(9-10-33(3)13-24)21(18)31-15(2)32-22/h4-6,14,16H,7-13H2,1-3H3,(H,30,31,32)/t14-,24?/m1/s1. The molecule has 1 saturated heterocycles. The predicted octanol–water partition coefficient (Wildman–Crippen LogP) is 4.44. The number of rotatable bonds is 5. The smallest absolute Gasteiger partial charge is 0.363 e. The molecule has 2 aromatic rings. The van der Waals surface area contributed by atoms with Crippen molar-refractivity contribution < 1.29 is 22.4 Å². The summed E-state index contributed by atoms with van der Waals surface area (Å²) in [6.07, 6.45) is -1.94. The van der Waals surface area contributed by atoms with Crippen LogP contribution in [0.15, 0.2) is 18.2 Å². The second-order valence-corrected chi connectivity index (χ2v) is 10.2. The molecule has 1 saturated carbocycles. The summed E-state index contributed by atoms with van der Waals surface area (Å²) in [5, 5.41) is 3.16. The van der Waals surface area contributed by atoms with E-state index in [2.05, 4.69) is 15.2 Å². The maximum atomic E-state index is 14.8. The third kappa shape index (κ3) is 4.26. The Bertz CT molecular complexity index is 1170. The molecule has 35 heavy (non-hydrogen) atoms. The van der Waals surface area contributed by atoms with Crippen molar-refractivity contribution in [2.75, 3.05) is 32.0 Å². The number of aryl methyl sites for hydroxylation is 1. The molecule has 2 aliphatic heterocycles. The Labute approximate surface area is 201 Å². The monoisotopic (exact) mass is 491 g/mol. The SMILES string of the molecule is Cc1nc(N[C@H](C)c2cccc(C(F)(F)F)c2F)c2c(n1)C1(CCN(C)C1)C(=O)N(CC1CC1)C2. The third-order valence-corrected chi connectivity index (χ3v) is 7.41. The number of likely N-dealkylation sites (N-methyl/N-ethyl adjacent to an activating group) is 1. The Kier molecular flexibility index (Phi) is 5.77. The molecule has 6 nitrogen and oxygen atoms in total. The molecule has 2 fully saturated rings. The van der Waals surface area contributed by atoms with Crippen LogP contribution >= 0.6 is 0 Å². The molecular weight excluding hydrogens is 462 g/mol. The normalized spacial score (nSPS) is 23.6. The molecule has 3 aliphatic rings. The molecule has 1 unspecified atom stereocenters. The van der Waals surface area contributed by atoms with E-state index < -0.39 is 29.0 Å². The average Bonchev–Trinajstić information content (AvgIpc) is 3.51. The quantitative estimate of drug-likeness (QED) is 0.627. The largest absolute Gasteiger partial charge is 0.419 e. The summed E-state index contributed by atoms with van der Waals surface area (Å²) in [7, 11) is 1.98. The minimum Gasteiger partial charge on any atom is -0.363 e. The van der Waals surface area contributed by atoms with E-state index in [1.807, 2.05) is 11.9 Å². The fourth-order valence-electron chi connectivity index (χ4n) is 5.44. The van der Waals surface area contributed by atoms with Crippen molar-refractivity contribution in [1.29, 1.82) is 0 Å². The number of alkyl halides is 3. The lowest BCUT2D eigenvalue weighted by Gasteiger charge is -2.41. The molecule has 0 radical (unpaired) electrons. The molecule has 1 amide bonds. The zero-order chi connectivity index (χ0) is 25.1. The molecular formula is C25H29F4N5O. The molecule has 1 aromatic heterocycles. The summed E-state index contributed by atoms with van der Waals surface area (Å²) in [5.41, 5.74) is -0.706. The van der Waals surface area contributed by atoms with Crippen LogP contribution in [0.25, 0.3) is 0 Å². The second kappa shape index (κ2) is 8.43. The van der Waals surface area contributed by atoms with E-state index in [-0.39, 0.29) is 11.5 Å². The fourth-order valence-corrected chi connectivity index (χ4v) is 5.44. The van der Waals surface area contributed by atoms with Crippen LogP contribution in [-0.2, 0) is 22.9 Å². The van der Waals surface area contributed by atoms with Gasteiger partial charge in [-0.2, -0.15) is 13.2 Å². The number of aromatic nitrogens is 2. The van der Waals surface area contributed by atoms with Crippen LogP contribution in [0, 0.1) is 18.7 Å². The van der Waals surface area contributed by atoms with Gasteiger partial charge in [0.05, 0.1) is 23.8 Å². The van der Waals surface area contributed by atoms with Crippen molar-refractivity contribution >= 4 is 11.7 Å². The number of anilines is 1. The van der Waals surface area contributed by atoms with Gasteiger partial charge in [0.2, 0.25) is 5.91 Å². The molecule has 188 valence electrons. The number of carbonyl (C=O) groups excluding carboxylic acids is 1. The molecule has 1 aromatic carbocycles. The van der Waals surface area contributed by atoms with Gasteiger partial charge in [0.25, 0.3) is 0 Å². The van der Waals surface area contributed by atoms with Gasteiger partial charge in [0, 0.05) is 24.2 Å². The molecule has 2 atom stereocenters. The molecule has 1 aliphatic carbocycles. The van der Waals surface area contributed by atoms with Crippen molar-refractivity contribution in [3.8, 4) is 0 Å². The van der Waals surface area contributed by atoms with E-state index in [0.717, 1.165) is 31.0 Å². The highest BCUT2D eigenvalue weighted by molar-refractivity contribution is 5.91. The number of halogens is 4. The van der Waals surface area contributed by atoms with Gasteiger partial charge in [-0.25, -0.2) is 14.4 Å². The fraction of sp³-hybridized carbons (Fsp3) is 0.560. The van der Waals surface area contributed by atoms with Crippen molar-refractivity contribution in [1.82, 2.24) is 19.8 Å². The van der Waals surface area contributed by atoms with Crippen LogP contribution in [0.5, 0.6) is 0 Å². The number of likely N-dealkylation sites (tertiary alicyclic amines) is 1. The summed E-state index contributed by atoms with van der Waals surface area (Å²) < 4.78 is 54.6. The van der Waals surface area contributed by atoms with Crippen LogP contribution in [0.3, 0.4) is 0 Å². The Morgan fingerprint density at radius 2 is 2.00 bits per heavy atom. The van der Waals surface area contributed by atoms with Crippen molar-refractivity contribution in [3.63, 3.8) is 0 Å². The maximum Gasteiger partial charge on any atom is 0.419 e. The third-order valence-electron chi connectivity index (χ3n) is 7.41. The Balaban J connectivity index is 1.55. The van der Waals surface area contributed by atoms with Gasteiger partial charge in [0.1, 0.15) is 22.9 Å². The minimum atomic E-state index is -4.78. The van der Waals surface area contributed by atoms with Gasteiger partial charge in [-0.1, -0.05) is 12.1 Å². The van der Waals surface area contributed by atoms with Gasteiger partial charge >= 0.3 is 6.18 Å². The van der Waals surface area contributed by atoms with E-state index in [4.69, 9.17) is 4.98 Å². The molecule has 0 bridgehead atoms. The van der Waals surface area contributed by atoms with Gasteiger partial charge in [0.15, 0.2) is 0 Å². The molecule has 1 N–H and O–H groups in total. The lowest BCUT2D eigenvalue weighted by molar-refractivity contribution is -0.140.